The fourth-order valence-corrected chi connectivity index (χ4v) is 3.52. The second-order valence-electron chi connectivity index (χ2n) is 7.35. The maximum atomic E-state index is 12.8. The van der Waals surface area contributed by atoms with Crippen molar-refractivity contribution in [2.45, 2.75) is 12.8 Å². The number of rotatable bonds is 4. The summed E-state index contributed by atoms with van der Waals surface area (Å²) in [4.78, 5) is 23.6. The summed E-state index contributed by atoms with van der Waals surface area (Å²) >= 11 is 0. The lowest BCUT2D eigenvalue weighted by Crippen LogP contribution is -2.39. The van der Waals surface area contributed by atoms with Gasteiger partial charge < -0.3 is 15.0 Å². The number of hydrogen-bond donors (Lipinski definition) is 1. The van der Waals surface area contributed by atoms with Gasteiger partial charge in [-0.05, 0) is 43.2 Å². The minimum absolute atomic E-state index is 0.0408. The van der Waals surface area contributed by atoms with Gasteiger partial charge in [-0.15, -0.1) is 0 Å². The smallest absolute Gasteiger partial charge is 0.228 e. The third-order valence-electron chi connectivity index (χ3n) is 5.23. The van der Waals surface area contributed by atoms with Crippen LogP contribution in [0.3, 0.4) is 0 Å². The molecule has 0 unspecified atom stereocenters. The van der Waals surface area contributed by atoms with Crippen LogP contribution in [-0.4, -0.2) is 36.1 Å². The highest BCUT2D eigenvalue weighted by Crippen LogP contribution is 2.23. The number of piperidine rings is 1. The van der Waals surface area contributed by atoms with Crippen molar-refractivity contribution in [3.8, 4) is 17.7 Å². The summed E-state index contributed by atoms with van der Waals surface area (Å²) in [5.74, 6) is 7.48. The fourth-order valence-electron chi connectivity index (χ4n) is 3.52. The second kappa shape index (κ2) is 9.77. The van der Waals surface area contributed by atoms with Crippen molar-refractivity contribution in [1.29, 1.82) is 0 Å². The summed E-state index contributed by atoms with van der Waals surface area (Å²) in [5, 5.41) is 3.05. The van der Waals surface area contributed by atoms with Gasteiger partial charge >= 0.3 is 0 Å². The number of ether oxygens (including phenoxy) is 1. The average Bonchev–Trinajstić information content (AvgIpc) is 2.84. The van der Waals surface area contributed by atoms with E-state index in [-0.39, 0.29) is 11.8 Å². The third-order valence-corrected chi connectivity index (χ3v) is 5.23. The van der Waals surface area contributed by atoms with Gasteiger partial charge in [-0.25, -0.2) is 4.98 Å². The molecule has 1 aliphatic rings. The Morgan fingerprint density at radius 2 is 1.77 bits per heavy atom. The zero-order valence-corrected chi connectivity index (χ0v) is 17.4. The van der Waals surface area contributed by atoms with Gasteiger partial charge in [0.1, 0.15) is 0 Å². The number of aromatic nitrogens is 2. The molecule has 2 aromatic carbocycles. The molecule has 0 saturated carbocycles. The Hall–Kier alpha value is -3.85. The summed E-state index contributed by atoms with van der Waals surface area (Å²) in [7, 11) is 1.59. The van der Waals surface area contributed by atoms with Gasteiger partial charge in [0, 0.05) is 48.1 Å². The minimum Gasteiger partial charge on any atom is -0.481 e. The number of benzene rings is 2. The van der Waals surface area contributed by atoms with E-state index in [4.69, 9.17) is 4.74 Å². The topological polar surface area (TPSA) is 67.3 Å². The Balaban J connectivity index is 1.34. The number of nitrogens with zero attached hydrogens (tertiary/aromatic N) is 3. The van der Waals surface area contributed by atoms with Crippen molar-refractivity contribution >= 4 is 17.5 Å². The Morgan fingerprint density at radius 1 is 1.03 bits per heavy atom. The van der Waals surface area contributed by atoms with Crippen LogP contribution in [0.5, 0.6) is 5.88 Å². The number of carbonyl (C=O) groups excluding carboxylic acids is 1. The lowest BCUT2D eigenvalue weighted by Gasteiger charge is -2.31. The van der Waals surface area contributed by atoms with Crippen LogP contribution in [-0.2, 0) is 4.79 Å². The van der Waals surface area contributed by atoms with Gasteiger partial charge in [-0.2, -0.15) is 4.98 Å². The SMILES string of the molecule is COc1ccnc(N2CCC(C(=O)Nc3cccc(C#Cc4ccccc4)c3)CC2)n1. The number of carbonyl (C=O) groups is 1. The standard InChI is InChI=1S/C25H24N4O2/c1-31-23-12-15-26-25(28-23)29-16-13-21(14-17-29)24(30)27-22-9-5-8-20(18-22)11-10-19-6-3-2-4-7-19/h2-9,12,15,18,21H,13-14,16-17H2,1H3,(H,27,30). The van der Waals surface area contributed by atoms with Crippen molar-refractivity contribution in [2.75, 3.05) is 30.4 Å². The van der Waals surface area contributed by atoms with Crippen molar-refractivity contribution in [2.24, 2.45) is 5.92 Å². The van der Waals surface area contributed by atoms with Crippen LogP contribution >= 0.6 is 0 Å². The minimum atomic E-state index is -0.0408. The largest absolute Gasteiger partial charge is 0.481 e. The fraction of sp³-hybridized carbons (Fsp3) is 0.240. The molecule has 0 aliphatic carbocycles. The maximum absolute atomic E-state index is 12.8. The van der Waals surface area contributed by atoms with E-state index < -0.39 is 0 Å². The molecule has 1 N–H and O–H groups in total. The summed E-state index contributed by atoms with van der Waals surface area (Å²) in [5.41, 5.74) is 2.60. The molecule has 0 atom stereocenters. The number of amides is 1. The van der Waals surface area contributed by atoms with Crippen molar-refractivity contribution in [3.05, 3.63) is 78.0 Å². The third kappa shape index (κ3) is 5.40. The van der Waals surface area contributed by atoms with Gasteiger partial charge in [-0.3, -0.25) is 4.79 Å². The number of anilines is 2. The van der Waals surface area contributed by atoms with E-state index in [9.17, 15) is 4.79 Å². The first kappa shape index (κ1) is 20.4. The van der Waals surface area contributed by atoms with Gasteiger partial charge in [-0.1, -0.05) is 36.1 Å². The zero-order valence-electron chi connectivity index (χ0n) is 17.4. The van der Waals surface area contributed by atoms with Crippen molar-refractivity contribution < 1.29 is 9.53 Å². The average molecular weight is 412 g/mol. The second-order valence-corrected chi connectivity index (χ2v) is 7.35. The predicted octanol–water partition coefficient (Wildman–Crippen LogP) is 3.74. The molecule has 0 spiro atoms. The highest BCUT2D eigenvalue weighted by atomic mass is 16.5. The predicted molar refractivity (Wildman–Crippen MR) is 121 cm³/mol. The van der Waals surface area contributed by atoms with E-state index in [1.807, 2.05) is 54.6 Å². The van der Waals surface area contributed by atoms with Crippen LogP contribution in [0.15, 0.2) is 66.9 Å². The van der Waals surface area contributed by atoms with E-state index in [1.165, 1.54) is 0 Å². The molecule has 1 amide bonds. The Labute approximate surface area is 182 Å². The molecule has 1 saturated heterocycles. The summed E-state index contributed by atoms with van der Waals surface area (Å²) in [6.07, 6.45) is 3.19. The van der Waals surface area contributed by atoms with Gasteiger partial charge in [0.2, 0.25) is 17.7 Å². The van der Waals surface area contributed by atoms with Crippen LogP contribution in [0.2, 0.25) is 0 Å². The molecule has 2 heterocycles. The van der Waals surface area contributed by atoms with E-state index in [0.717, 1.165) is 42.7 Å². The summed E-state index contributed by atoms with van der Waals surface area (Å²) in [6, 6.07) is 19.2. The van der Waals surface area contributed by atoms with E-state index in [0.29, 0.717) is 11.8 Å². The number of hydrogen-bond acceptors (Lipinski definition) is 5. The van der Waals surface area contributed by atoms with Crippen LogP contribution in [0, 0.1) is 17.8 Å². The first-order chi connectivity index (χ1) is 15.2. The number of methoxy groups -OCH3 is 1. The zero-order chi connectivity index (χ0) is 21.5. The van der Waals surface area contributed by atoms with Gasteiger partial charge in [0.15, 0.2) is 0 Å². The Kier molecular flexibility index (Phi) is 6.44. The Morgan fingerprint density at radius 3 is 2.55 bits per heavy atom. The van der Waals surface area contributed by atoms with Crippen LogP contribution < -0.4 is 15.0 Å². The first-order valence-electron chi connectivity index (χ1n) is 10.3. The molecule has 0 bridgehead atoms. The number of nitrogens with one attached hydrogen (secondary N) is 1. The maximum Gasteiger partial charge on any atom is 0.228 e. The molecule has 6 heteroatoms. The molecule has 0 radical (unpaired) electrons. The molecule has 3 aromatic rings. The molecule has 4 rings (SSSR count). The van der Waals surface area contributed by atoms with Crippen molar-refractivity contribution in [3.63, 3.8) is 0 Å². The monoisotopic (exact) mass is 412 g/mol. The lowest BCUT2D eigenvalue weighted by molar-refractivity contribution is -0.120. The summed E-state index contributed by atoms with van der Waals surface area (Å²) < 4.78 is 5.17. The molecule has 1 aromatic heterocycles. The van der Waals surface area contributed by atoms with Gasteiger partial charge in [0.25, 0.3) is 0 Å². The highest BCUT2D eigenvalue weighted by Gasteiger charge is 2.26. The van der Waals surface area contributed by atoms with Crippen LogP contribution in [0.25, 0.3) is 0 Å². The highest BCUT2D eigenvalue weighted by molar-refractivity contribution is 5.92. The first-order valence-corrected chi connectivity index (χ1v) is 10.3. The molecule has 1 aliphatic heterocycles. The van der Waals surface area contributed by atoms with E-state index in [1.54, 1.807) is 19.4 Å². The lowest BCUT2D eigenvalue weighted by atomic mass is 9.96. The molecular formula is C25H24N4O2. The quantitative estimate of drug-likeness (QED) is 0.662. The van der Waals surface area contributed by atoms with Gasteiger partial charge in [0.05, 0.1) is 7.11 Å². The van der Waals surface area contributed by atoms with E-state index >= 15 is 0 Å². The Bertz CT molecular complexity index is 1100. The van der Waals surface area contributed by atoms with Crippen LogP contribution in [0.1, 0.15) is 24.0 Å². The molecule has 156 valence electrons. The van der Waals surface area contributed by atoms with E-state index in [2.05, 4.69) is 32.0 Å². The molecule has 1 fully saturated rings. The van der Waals surface area contributed by atoms with Crippen LogP contribution in [0.4, 0.5) is 11.6 Å². The molecular weight excluding hydrogens is 388 g/mol. The normalized spacial score (nSPS) is 13.8. The van der Waals surface area contributed by atoms with Crippen molar-refractivity contribution in [1.82, 2.24) is 9.97 Å². The molecule has 31 heavy (non-hydrogen) atoms. The summed E-state index contributed by atoms with van der Waals surface area (Å²) in [6.45, 7) is 1.46. The molecule has 6 nitrogen and oxygen atoms in total.